The Morgan fingerprint density at radius 1 is 1.33 bits per heavy atom. The van der Waals surface area contributed by atoms with E-state index in [0.717, 1.165) is 28.0 Å². The first-order valence-electron chi connectivity index (χ1n) is 6.79. The standard InChI is InChI=1S/C16H14FNO2S/c1-18-8-13-10(4-6-19-13)14(9-18)20-16-11-5-7-21-15(11)3-2-12(16)17/h2-7,14H,8-9H2,1H3. The highest BCUT2D eigenvalue weighted by Gasteiger charge is 2.28. The first kappa shape index (κ1) is 12.9. The van der Waals surface area contributed by atoms with Gasteiger partial charge in [0.05, 0.1) is 12.8 Å². The van der Waals surface area contributed by atoms with Gasteiger partial charge in [0.1, 0.15) is 11.9 Å². The predicted octanol–water partition coefficient (Wildman–Crippen LogP) is 4.20. The highest BCUT2D eigenvalue weighted by atomic mass is 32.1. The Bertz CT molecular complexity index is 795. The minimum atomic E-state index is -0.320. The number of halogens is 1. The van der Waals surface area contributed by atoms with Gasteiger partial charge in [0, 0.05) is 22.2 Å². The first-order chi connectivity index (χ1) is 10.2. The lowest BCUT2D eigenvalue weighted by Crippen LogP contribution is -2.32. The van der Waals surface area contributed by atoms with Crippen LogP contribution < -0.4 is 4.74 Å². The number of hydrogen-bond acceptors (Lipinski definition) is 4. The van der Waals surface area contributed by atoms with Crippen molar-refractivity contribution < 1.29 is 13.5 Å². The molecule has 0 radical (unpaired) electrons. The van der Waals surface area contributed by atoms with E-state index in [1.807, 2.05) is 24.6 Å². The van der Waals surface area contributed by atoms with Crippen molar-refractivity contribution in [1.29, 1.82) is 0 Å². The minimum absolute atomic E-state index is 0.211. The van der Waals surface area contributed by atoms with E-state index in [0.29, 0.717) is 12.3 Å². The van der Waals surface area contributed by atoms with Crippen LogP contribution in [0.1, 0.15) is 17.4 Å². The third kappa shape index (κ3) is 2.13. The van der Waals surface area contributed by atoms with Crippen molar-refractivity contribution in [2.24, 2.45) is 0 Å². The summed E-state index contributed by atoms with van der Waals surface area (Å²) < 4.78 is 26.8. The molecule has 3 aromatic rings. The summed E-state index contributed by atoms with van der Waals surface area (Å²) in [5, 5.41) is 2.78. The molecule has 3 heterocycles. The molecule has 0 fully saturated rings. The number of ether oxygens (including phenoxy) is 1. The summed E-state index contributed by atoms with van der Waals surface area (Å²) in [7, 11) is 2.00. The molecule has 0 spiro atoms. The maximum atomic E-state index is 14.2. The second-order valence-electron chi connectivity index (χ2n) is 5.31. The largest absolute Gasteiger partial charge is 0.480 e. The Balaban J connectivity index is 1.76. The zero-order valence-electron chi connectivity index (χ0n) is 11.5. The molecular formula is C16H14FNO2S. The van der Waals surface area contributed by atoms with Gasteiger partial charge in [0.2, 0.25) is 0 Å². The fourth-order valence-corrected chi connectivity index (χ4v) is 3.60. The summed E-state index contributed by atoms with van der Waals surface area (Å²) in [6, 6.07) is 7.08. The van der Waals surface area contributed by atoms with Gasteiger partial charge in [-0.05, 0) is 36.7 Å². The number of benzene rings is 1. The Labute approximate surface area is 125 Å². The van der Waals surface area contributed by atoms with Crippen LogP contribution in [0.4, 0.5) is 4.39 Å². The van der Waals surface area contributed by atoms with Gasteiger partial charge in [0.25, 0.3) is 0 Å². The molecular weight excluding hydrogens is 289 g/mol. The van der Waals surface area contributed by atoms with Crippen molar-refractivity contribution in [3.8, 4) is 5.75 Å². The van der Waals surface area contributed by atoms with Gasteiger partial charge in [-0.25, -0.2) is 4.39 Å². The summed E-state index contributed by atoms with van der Waals surface area (Å²) in [4.78, 5) is 2.11. The molecule has 0 saturated heterocycles. The summed E-state index contributed by atoms with van der Waals surface area (Å²) in [5.74, 6) is 0.909. The lowest BCUT2D eigenvalue weighted by atomic mass is 10.1. The molecule has 21 heavy (non-hydrogen) atoms. The summed E-state index contributed by atoms with van der Waals surface area (Å²) >= 11 is 1.58. The number of nitrogens with zero attached hydrogens (tertiary/aromatic N) is 1. The van der Waals surface area contributed by atoms with E-state index in [9.17, 15) is 4.39 Å². The lowest BCUT2D eigenvalue weighted by Gasteiger charge is -2.29. The van der Waals surface area contributed by atoms with Gasteiger partial charge < -0.3 is 9.15 Å². The van der Waals surface area contributed by atoms with E-state index in [1.165, 1.54) is 6.07 Å². The number of furan rings is 1. The molecule has 5 heteroatoms. The maximum Gasteiger partial charge on any atom is 0.165 e. The van der Waals surface area contributed by atoms with E-state index in [-0.39, 0.29) is 11.9 Å². The van der Waals surface area contributed by atoms with E-state index < -0.39 is 0 Å². The Morgan fingerprint density at radius 3 is 3.14 bits per heavy atom. The van der Waals surface area contributed by atoms with Crippen LogP contribution in [0.25, 0.3) is 10.1 Å². The second kappa shape index (κ2) is 4.86. The number of hydrogen-bond donors (Lipinski definition) is 0. The van der Waals surface area contributed by atoms with Crippen LogP contribution >= 0.6 is 11.3 Å². The molecule has 108 valence electrons. The molecule has 0 N–H and O–H groups in total. The molecule has 1 atom stereocenters. The van der Waals surface area contributed by atoms with Gasteiger partial charge in [0.15, 0.2) is 11.6 Å². The average molecular weight is 303 g/mol. The van der Waals surface area contributed by atoms with Crippen molar-refractivity contribution in [1.82, 2.24) is 4.90 Å². The number of thiophene rings is 1. The van der Waals surface area contributed by atoms with Crippen molar-refractivity contribution in [3.63, 3.8) is 0 Å². The van der Waals surface area contributed by atoms with Crippen molar-refractivity contribution in [3.05, 3.63) is 53.0 Å². The molecule has 0 bridgehead atoms. The van der Waals surface area contributed by atoms with E-state index >= 15 is 0 Å². The summed E-state index contributed by atoms with van der Waals surface area (Å²) in [5.41, 5.74) is 1.01. The number of rotatable bonds is 2. The first-order valence-corrected chi connectivity index (χ1v) is 7.67. The minimum Gasteiger partial charge on any atom is -0.480 e. The van der Waals surface area contributed by atoms with Gasteiger partial charge in [-0.3, -0.25) is 4.90 Å². The molecule has 0 saturated carbocycles. The molecule has 4 rings (SSSR count). The van der Waals surface area contributed by atoms with Crippen LogP contribution in [-0.4, -0.2) is 18.5 Å². The predicted molar refractivity (Wildman–Crippen MR) is 80.2 cm³/mol. The SMILES string of the molecule is CN1Cc2occc2C(Oc2c(F)ccc3sccc23)C1. The van der Waals surface area contributed by atoms with Crippen LogP contribution in [0.2, 0.25) is 0 Å². The normalized spacial score (nSPS) is 18.9. The Kier molecular flexibility index (Phi) is 2.97. The third-order valence-corrected chi connectivity index (χ3v) is 4.70. The molecule has 2 aromatic heterocycles. The van der Waals surface area contributed by atoms with Crippen LogP contribution in [0.15, 0.2) is 40.3 Å². The molecule has 1 unspecified atom stereocenters. The fraction of sp³-hybridized carbons (Fsp3) is 0.250. The topological polar surface area (TPSA) is 25.6 Å². The van der Waals surface area contributed by atoms with Gasteiger partial charge in [-0.1, -0.05) is 0 Å². The highest BCUT2D eigenvalue weighted by molar-refractivity contribution is 7.17. The van der Waals surface area contributed by atoms with Crippen molar-refractivity contribution in [2.75, 3.05) is 13.6 Å². The molecule has 1 aliphatic heterocycles. The summed E-state index contributed by atoms with van der Waals surface area (Å²) in [6.45, 7) is 1.47. The molecule has 1 aliphatic rings. The number of likely N-dealkylation sites (N-methyl/N-ethyl adjacent to an activating group) is 1. The maximum absolute atomic E-state index is 14.2. The van der Waals surface area contributed by atoms with Crippen molar-refractivity contribution in [2.45, 2.75) is 12.6 Å². The quantitative estimate of drug-likeness (QED) is 0.709. The van der Waals surface area contributed by atoms with E-state index in [2.05, 4.69) is 4.90 Å². The Morgan fingerprint density at radius 2 is 2.24 bits per heavy atom. The van der Waals surface area contributed by atoms with Crippen molar-refractivity contribution >= 4 is 21.4 Å². The molecule has 0 aliphatic carbocycles. The fourth-order valence-electron chi connectivity index (χ4n) is 2.81. The highest BCUT2D eigenvalue weighted by Crippen LogP contribution is 2.37. The van der Waals surface area contributed by atoms with Crippen LogP contribution in [-0.2, 0) is 6.54 Å². The average Bonchev–Trinajstić information content (AvgIpc) is 3.09. The molecule has 3 nitrogen and oxygen atoms in total. The molecule has 0 amide bonds. The lowest BCUT2D eigenvalue weighted by molar-refractivity contribution is 0.117. The van der Waals surface area contributed by atoms with Crippen LogP contribution in [0, 0.1) is 5.82 Å². The summed E-state index contributed by atoms with van der Waals surface area (Å²) in [6.07, 6.45) is 1.46. The van der Waals surface area contributed by atoms with E-state index in [4.69, 9.17) is 9.15 Å². The van der Waals surface area contributed by atoms with Crippen LogP contribution in [0.3, 0.4) is 0 Å². The monoisotopic (exact) mass is 303 g/mol. The third-order valence-electron chi connectivity index (χ3n) is 3.82. The zero-order valence-corrected chi connectivity index (χ0v) is 12.3. The molecule has 1 aromatic carbocycles. The van der Waals surface area contributed by atoms with Gasteiger partial charge >= 0.3 is 0 Å². The van der Waals surface area contributed by atoms with Gasteiger partial charge in [-0.15, -0.1) is 11.3 Å². The van der Waals surface area contributed by atoms with E-state index in [1.54, 1.807) is 23.7 Å². The number of fused-ring (bicyclic) bond motifs is 2. The Hall–Kier alpha value is -1.85. The van der Waals surface area contributed by atoms with Crippen LogP contribution in [0.5, 0.6) is 5.75 Å². The smallest absolute Gasteiger partial charge is 0.165 e. The van der Waals surface area contributed by atoms with Gasteiger partial charge in [-0.2, -0.15) is 0 Å². The second-order valence-corrected chi connectivity index (χ2v) is 6.26. The zero-order chi connectivity index (χ0) is 14.4.